The summed E-state index contributed by atoms with van der Waals surface area (Å²) in [6.45, 7) is 6.00. The summed E-state index contributed by atoms with van der Waals surface area (Å²) in [6, 6.07) is 15.9. The van der Waals surface area contributed by atoms with Crippen LogP contribution in [0.15, 0.2) is 48.5 Å². The average molecular weight is 365 g/mol. The number of urea groups is 1. The number of rotatable bonds is 6. The third-order valence-electron chi connectivity index (χ3n) is 4.66. The molecule has 27 heavy (non-hydrogen) atoms. The number of nitrogens with zero attached hydrogens (tertiary/aromatic N) is 1. The van der Waals surface area contributed by atoms with E-state index in [1.807, 2.05) is 55.1 Å². The Bertz CT molecular complexity index is 774. The zero-order chi connectivity index (χ0) is 19.2. The monoisotopic (exact) mass is 365 g/mol. The highest BCUT2D eigenvalue weighted by Gasteiger charge is 2.22. The van der Waals surface area contributed by atoms with E-state index in [0.717, 1.165) is 17.7 Å². The highest BCUT2D eigenvalue weighted by Crippen LogP contribution is 2.23. The lowest BCUT2D eigenvalue weighted by molar-refractivity contribution is -0.121. The molecule has 5 heteroatoms. The van der Waals surface area contributed by atoms with E-state index in [4.69, 9.17) is 0 Å². The van der Waals surface area contributed by atoms with Crippen molar-refractivity contribution in [2.24, 2.45) is 5.92 Å². The van der Waals surface area contributed by atoms with Gasteiger partial charge in [0.1, 0.15) is 0 Å². The maximum absolute atomic E-state index is 12.5. The first-order valence-corrected chi connectivity index (χ1v) is 9.49. The SMILES string of the molecule is CC(C)CC(=O)NCCc1ccc(NC(=O)N2Cc3ccccc3C2)cc1. The van der Waals surface area contributed by atoms with Crippen LogP contribution in [0.2, 0.25) is 0 Å². The summed E-state index contributed by atoms with van der Waals surface area (Å²) >= 11 is 0. The van der Waals surface area contributed by atoms with Crippen LogP contribution in [0.5, 0.6) is 0 Å². The molecule has 2 aromatic carbocycles. The van der Waals surface area contributed by atoms with E-state index in [1.54, 1.807) is 0 Å². The molecule has 0 radical (unpaired) electrons. The Morgan fingerprint density at radius 2 is 1.63 bits per heavy atom. The number of hydrogen-bond acceptors (Lipinski definition) is 2. The Labute approximate surface area is 160 Å². The summed E-state index contributed by atoms with van der Waals surface area (Å²) in [6.07, 6.45) is 1.34. The van der Waals surface area contributed by atoms with Crippen LogP contribution in [0.25, 0.3) is 0 Å². The van der Waals surface area contributed by atoms with Gasteiger partial charge in [-0.1, -0.05) is 50.2 Å². The topological polar surface area (TPSA) is 61.4 Å². The number of carbonyl (C=O) groups excluding carboxylic acids is 2. The second-order valence-electron chi connectivity index (χ2n) is 7.45. The molecular formula is C22H27N3O2. The highest BCUT2D eigenvalue weighted by molar-refractivity contribution is 5.89. The van der Waals surface area contributed by atoms with Gasteiger partial charge < -0.3 is 15.5 Å². The summed E-state index contributed by atoms with van der Waals surface area (Å²) in [4.78, 5) is 25.9. The van der Waals surface area contributed by atoms with Crippen LogP contribution in [0.3, 0.4) is 0 Å². The van der Waals surface area contributed by atoms with Crippen molar-refractivity contribution in [2.45, 2.75) is 39.8 Å². The number of nitrogens with one attached hydrogen (secondary N) is 2. The van der Waals surface area contributed by atoms with Crippen molar-refractivity contribution in [1.82, 2.24) is 10.2 Å². The van der Waals surface area contributed by atoms with Gasteiger partial charge in [-0.25, -0.2) is 4.79 Å². The van der Waals surface area contributed by atoms with Crippen LogP contribution in [-0.4, -0.2) is 23.4 Å². The molecule has 142 valence electrons. The Morgan fingerprint density at radius 1 is 1.00 bits per heavy atom. The van der Waals surface area contributed by atoms with Crippen LogP contribution in [0, 0.1) is 5.92 Å². The van der Waals surface area contributed by atoms with E-state index in [0.29, 0.717) is 32.0 Å². The smallest absolute Gasteiger partial charge is 0.322 e. The normalized spacial score (nSPS) is 12.8. The van der Waals surface area contributed by atoms with Gasteiger partial charge in [0, 0.05) is 31.7 Å². The minimum atomic E-state index is -0.0834. The van der Waals surface area contributed by atoms with Crippen molar-refractivity contribution < 1.29 is 9.59 Å². The van der Waals surface area contributed by atoms with Gasteiger partial charge >= 0.3 is 6.03 Å². The second kappa shape index (κ2) is 8.71. The van der Waals surface area contributed by atoms with Gasteiger partial charge in [-0.05, 0) is 41.2 Å². The molecule has 2 N–H and O–H groups in total. The molecule has 1 aliphatic heterocycles. The van der Waals surface area contributed by atoms with Crippen LogP contribution < -0.4 is 10.6 Å². The van der Waals surface area contributed by atoms with Crippen LogP contribution in [0.4, 0.5) is 10.5 Å². The number of hydrogen-bond donors (Lipinski definition) is 2. The summed E-state index contributed by atoms with van der Waals surface area (Å²) < 4.78 is 0. The fourth-order valence-electron chi connectivity index (χ4n) is 3.22. The summed E-state index contributed by atoms with van der Waals surface area (Å²) in [5, 5.41) is 5.90. The molecule has 1 heterocycles. The molecule has 0 saturated heterocycles. The third-order valence-corrected chi connectivity index (χ3v) is 4.66. The minimum absolute atomic E-state index is 0.0834. The molecule has 0 atom stereocenters. The van der Waals surface area contributed by atoms with Crippen LogP contribution in [-0.2, 0) is 24.3 Å². The third kappa shape index (κ3) is 5.33. The molecule has 0 saturated carbocycles. The summed E-state index contributed by atoms with van der Waals surface area (Å²) in [7, 11) is 0. The lowest BCUT2D eigenvalue weighted by atomic mass is 10.1. The number of benzene rings is 2. The van der Waals surface area contributed by atoms with E-state index < -0.39 is 0 Å². The summed E-state index contributed by atoms with van der Waals surface area (Å²) in [5.41, 5.74) is 4.33. The van der Waals surface area contributed by atoms with E-state index in [1.165, 1.54) is 11.1 Å². The van der Waals surface area contributed by atoms with Gasteiger partial charge in [0.15, 0.2) is 0 Å². The zero-order valence-corrected chi connectivity index (χ0v) is 16.0. The Balaban J connectivity index is 1.45. The Morgan fingerprint density at radius 3 is 2.22 bits per heavy atom. The van der Waals surface area contributed by atoms with Gasteiger partial charge in [0.2, 0.25) is 5.91 Å². The Kier molecular flexibility index (Phi) is 6.12. The quantitative estimate of drug-likeness (QED) is 0.814. The molecule has 5 nitrogen and oxygen atoms in total. The zero-order valence-electron chi connectivity index (χ0n) is 16.0. The first-order chi connectivity index (χ1) is 13.0. The predicted octanol–water partition coefficient (Wildman–Crippen LogP) is 3.94. The van der Waals surface area contributed by atoms with Crippen molar-refractivity contribution >= 4 is 17.6 Å². The molecule has 0 aliphatic carbocycles. The van der Waals surface area contributed by atoms with E-state index >= 15 is 0 Å². The van der Waals surface area contributed by atoms with Crippen LogP contribution in [0.1, 0.15) is 37.0 Å². The van der Waals surface area contributed by atoms with Gasteiger partial charge in [0.25, 0.3) is 0 Å². The first kappa shape index (κ1) is 19.0. The van der Waals surface area contributed by atoms with E-state index in [2.05, 4.69) is 22.8 Å². The van der Waals surface area contributed by atoms with Gasteiger partial charge in [0.05, 0.1) is 0 Å². The number of fused-ring (bicyclic) bond motifs is 1. The lowest BCUT2D eigenvalue weighted by Gasteiger charge is -2.16. The van der Waals surface area contributed by atoms with Crippen molar-refractivity contribution in [1.29, 1.82) is 0 Å². The highest BCUT2D eigenvalue weighted by atomic mass is 16.2. The molecule has 0 spiro atoms. The standard InChI is InChI=1S/C22H27N3O2/c1-16(2)13-21(26)23-12-11-17-7-9-20(10-8-17)24-22(27)25-14-18-5-3-4-6-19(18)15-25/h3-10,16H,11-15H2,1-2H3,(H,23,26)(H,24,27). The van der Waals surface area contributed by atoms with Crippen LogP contribution >= 0.6 is 0 Å². The van der Waals surface area contributed by atoms with E-state index in [9.17, 15) is 9.59 Å². The number of amides is 3. The lowest BCUT2D eigenvalue weighted by Crippen LogP contribution is -2.30. The van der Waals surface area contributed by atoms with Gasteiger partial charge in [-0.2, -0.15) is 0 Å². The summed E-state index contributed by atoms with van der Waals surface area (Å²) in [5.74, 6) is 0.469. The molecule has 3 rings (SSSR count). The molecule has 3 amide bonds. The number of carbonyl (C=O) groups is 2. The minimum Gasteiger partial charge on any atom is -0.356 e. The molecular weight excluding hydrogens is 338 g/mol. The van der Waals surface area contributed by atoms with E-state index in [-0.39, 0.29) is 11.9 Å². The molecule has 0 aromatic heterocycles. The second-order valence-corrected chi connectivity index (χ2v) is 7.45. The molecule has 1 aliphatic rings. The predicted molar refractivity (Wildman–Crippen MR) is 107 cm³/mol. The molecule has 2 aromatic rings. The number of anilines is 1. The fraction of sp³-hybridized carbons (Fsp3) is 0.364. The molecule has 0 fully saturated rings. The average Bonchev–Trinajstić information content (AvgIpc) is 3.07. The van der Waals surface area contributed by atoms with Crippen molar-refractivity contribution in [2.75, 3.05) is 11.9 Å². The van der Waals surface area contributed by atoms with Gasteiger partial charge in [-0.3, -0.25) is 4.79 Å². The molecule has 0 unspecified atom stereocenters. The van der Waals surface area contributed by atoms with Gasteiger partial charge in [-0.15, -0.1) is 0 Å². The maximum atomic E-state index is 12.5. The van der Waals surface area contributed by atoms with Crippen molar-refractivity contribution in [3.63, 3.8) is 0 Å². The molecule has 0 bridgehead atoms. The fourth-order valence-corrected chi connectivity index (χ4v) is 3.22. The largest absolute Gasteiger partial charge is 0.356 e. The first-order valence-electron chi connectivity index (χ1n) is 9.49. The van der Waals surface area contributed by atoms with Crippen molar-refractivity contribution in [3.8, 4) is 0 Å². The maximum Gasteiger partial charge on any atom is 0.322 e. The van der Waals surface area contributed by atoms with Crippen molar-refractivity contribution in [3.05, 3.63) is 65.2 Å². The Hall–Kier alpha value is -2.82.